The van der Waals surface area contributed by atoms with Crippen molar-refractivity contribution in [2.45, 2.75) is 13.0 Å². The molecule has 1 atom stereocenters. The van der Waals surface area contributed by atoms with E-state index in [0.29, 0.717) is 5.56 Å². The van der Waals surface area contributed by atoms with E-state index in [-0.39, 0.29) is 35.8 Å². The third kappa shape index (κ3) is 4.73. The second kappa shape index (κ2) is 8.92. The highest BCUT2D eigenvalue weighted by molar-refractivity contribution is 5.95. The summed E-state index contributed by atoms with van der Waals surface area (Å²) in [5.74, 6) is -1.26. The maximum absolute atomic E-state index is 12.6. The number of phenolic OH excluding ortho intramolecular Hbond substituents is 1. The first kappa shape index (κ1) is 19.9. The Bertz CT molecular complexity index is 937. The Morgan fingerprint density at radius 3 is 2.34 bits per heavy atom. The number of hydrogen-bond donors (Lipinski definition) is 3. The number of phenols is 1. The highest BCUT2D eigenvalue weighted by Gasteiger charge is 2.34. The van der Waals surface area contributed by atoms with Gasteiger partial charge in [-0.15, -0.1) is 0 Å². The topological polar surface area (TPSA) is 114 Å². The minimum atomic E-state index is -0.744. The molecule has 0 saturated heterocycles. The number of carbonyl (C=O) groups excluding carboxylic acids is 3. The van der Waals surface area contributed by atoms with Crippen LogP contribution < -0.4 is 10.6 Å². The van der Waals surface area contributed by atoms with Crippen molar-refractivity contribution in [3.63, 3.8) is 0 Å². The minimum Gasteiger partial charge on any atom is -0.508 e. The third-order valence-corrected chi connectivity index (χ3v) is 4.23. The predicted octanol–water partition coefficient (Wildman–Crippen LogP) is 2.42. The largest absolute Gasteiger partial charge is 0.508 e. The molecule has 3 N–H and O–H groups in total. The zero-order valence-corrected chi connectivity index (χ0v) is 15.7. The fourth-order valence-electron chi connectivity index (χ4n) is 2.90. The van der Waals surface area contributed by atoms with Crippen LogP contribution in [-0.2, 0) is 14.3 Å². The van der Waals surface area contributed by atoms with Gasteiger partial charge in [-0.2, -0.15) is 0 Å². The standard InChI is InChI=1S/C21H20N2O6/c1-2-28-20(26)17-16(12-29-19(25)14-8-10-15(24)11-9-14)22-21(27)23-18(17)13-6-4-3-5-7-13/h3-11,18,24H,2,12H2,1H3,(H2,22,23,27). The summed E-state index contributed by atoms with van der Waals surface area (Å²) >= 11 is 0. The molecule has 0 aliphatic carbocycles. The van der Waals surface area contributed by atoms with E-state index < -0.39 is 24.0 Å². The molecule has 2 aromatic carbocycles. The molecule has 0 aromatic heterocycles. The SMILES string of the molecule is CCOC(=O)C1=C(COC(=O)c2ccc(O)cc2)NC(=O)NC1c1ccccc1. The number of ether oxygens (including phenoxy) is 2. The summed E-state index contributed by atoms with van der Waals surface area (Å²) in [6.07, 6.45) is 0. The number of urea groups is 1. The summed E-state index contributed by atoms with van der Waals surface area (Å²) in [6.45, 7) is 1.50. The number of rotatable bonds is 6. The Balaban J connectivity index is 1.89. The van der Waals surface area contributed by atoms with Gasteiger partial charge in [-0.05, 0) is 36.8 Å². The highest BCUT2D eigenvalue weighted by Crippen LogP contribution is 2.28. The molecular weight excluding hydrogens is 376 g/mol. The lowest BCUT2D eigenvalue weighted by atomic mass is 9.95. The van der Waals surface area contributed by atoms with Crippen molar-refractivity contribution in [3.8, 4) is 5.75 Å². The number of carbonyl (C=O) groups is 3. The number of benzene rings is 2. The van der Waals surface area contributed by atoms with Crippen molar-refractivity contribution >= 4 is 18.0 Å². The van der Waals surface area contributed by atoms with Gasteiger partial charge >= 0.3 is 18.0 Å². The van der Waals surface area contributed by atoms with Gasteiger partial charge in [-0.25, -0.2) is 14.4 Å². The van der Waals surface area contributed by atoms with Gasteiger partial charge in [-0.1, -0.05) is 30.3 Å². The van der Waals surface area contributed by atoms with E-state index in [9.17, 15) is 19.5 Å². The second-order valence-electron chi connectivity index (χ2n) is 6.18. The lowest BCUT2D eigenvalue weighted by molar-refractivity contribution is -0.139. The first-order valence-electron chi connectivity index (χ1n) is 8.98. The van der Waals surface area contributed by atoms with E-state index in [2.05, 4.69) is 10.6 Å². The number of hydrogen-bond acceptors (Lipinski definition) is 6. The number of esters is 2. The van der Waals surface area contributed by atoms with Crippen LogP contribution >= 0.6 is 0 Å². The number of nitrogens with one attached hydrogen (secondary N) is 2. The van der Waals surface area contributed by atoms with Crippen LogP contribution in [0.2, 0.25) is 0 Å². The second-order valence-corrected chi connectivity index (χ2v) is 6.18. The van der Waals surface area contributed by atoms with E-state index >= 15 is 0 Å². The molecule has 1 aliphatic heterocycles. The molecule has 2 aromatic rings. The molecule has 150 valence electrons. The fraction of sp³-hybridized carbons (Fsp3) is 0.190. The smallest absolute Gasteiger partial charge is 0.338 e. The van der Waals surface area contributed by atoms with E-state index in [0.717, 1.165) is 0 Å². The van der Waals surface area contributed by atoms with Crippen LogP contribution in [-0.4, -0.2) is 36.3 Å². The zero-order chi connectivity index (χ0) is 20.8. The maximum atomic E-state index is 12.6. The summed E-state index contributed by atoms with van der Waals surface area (Å²) in [5.41, 5.74) is 1.22. The number of aromatic hydroxyl groups is 1. The predicted molar refractivity (Wildman–Crippen MR) is 103 cm³/mol. The minimum absolute atomic E-state index is 0.0187. The third-order valence-electron chi connectivity index (χ3n) is 4.23. The average molecular weight is 396 g/mol. The van der Waals surface area contributed by atoms with E-state index in [1.54, 1.807) is 31.2 Å². The van der Waals surface area contributed by atoms with Crippen molar-refractivity contribution in [1.82, 2.24) is 10.6 Å². The fourth-order valence-corrected chi connectivity index (χ4v) is 2.90. The van der Waals surface area contributed by atoms with Crippen LogP contribution in [0.4, 0.5) is 4.79 Å². The Kier molecular flexibility index (Phi) is 6.13. The van der Waals surface area contributed by atoms with Crippen molar-refractivity contribution < 1.29 is 29.0 Å². The molecule has 0 fully saturated rings. The van der Waals surface area contributed by atoms with Crippen molar-refractivity contribution in [3.05, 3.63) is 77.0 Å². The van der Waals surface area contributed by atoms with Gasteiger partial charge in [0.25, 0.3) is 0 Å². The quantitative estimate of drug-likeness (QED) is 0.646. The molecule has 3 rings (SSSR count). The van der Waals surface area contributed by atoms with Gasteiger partial charge in [0.05, 0.1) is 29.5 Å². The van der Waals surface area contributed by atoms with Crippen LogP contribution in [0.5, 0.6) is 5.75 Å². The summed E-state index contributed by atoms with van der Waals surface area (Å²) in [7, 11) is 0. The summed E-state index contributed by atoms with van der Waals surface area (Å²) < 4.78 is 10.4. The molecule has 1 aliphatic rings. The molecule has 0 spiro atoms. The van der Waals surface area contributed by atoms with E-state index in [1.807, 2.05) is 6.07 Å². The molecule has 8 nitrogen and oxygen atoms in total. The van der Waals surface area contributed by atoms with Crippen molar-refractivity contribution in [2.75, 3.05) is 13.2 Å². The van der Waals surface area contributed by atoms with Gasteiger partial charge in [0, 0.05) is 0 Å². The van der Waals surface area contributed by atoms with Crippen LogP contribution in [0.25, 0.3) is 0 Å². The Hall–Kier alpha value is -3.81. The Morgan fingerprint density at radius 2 is 1.69 bits per heavy atom. The molecule has 0 bridgehead atoms. The van der Waals surface area contributed by atoms with Crippen LogP contribution in [0.15, 0.2) is 65.9 Å². The first-order valence-corrected chi connectivity index (χ1v) is 8.98. The molecule has 8 heteroatoms. The highest BCUT2D eigenvalue weighted by atomic mass is 16.5. The van der Waals surface area contributed by atoms with E-state index in [4.69, 9.17) is 9.47 Å². The summed E-state index contributed by atoms with van der Waals surface area (Å²) in [4.78, 5) is 37.0. The van der Waals surface area contributed by atoms with Crippen LogP contribution in [0.3, 0.4) is 0 Å². The monoisotopic (exact) mass is 396 g/mol. The summed E-state index contributed by atoms with van der Waals surface area (Å²) in [5, 5.41) is 14.6. The molecule has 0 radical (unpaired) electrons. The lowest BCUT2D eigenvalue weighted by Gasteiger charge is -2.29. The molecule has 1 unspecified atom stereocenters. The van der Waals surface area contributed by atoms with Crippen LogP contribution in [0.1, 0.15) is 28.9 Å². The first-order chi connectivity index (χ1) is 14.0. The summed E-state index contributed by atoms with van der Waals surface area (Å²) in [6, 6.07) is 13.2. The molecule has 2 amide bonds. The van der Waals surface area contributed by atoms with Gasteiger partial charge in [0.2, 0.25) is 0 Å². The van der Waals surface area contributed by atoms with Gasteiger partial charge in [0.15, 0.2) is 0 Å². The van der Waals surface area contributed by atoms with E-state index in [1.165, 1.54) is 24.3 Å². The Labute approximate surface area is 167 Å². The number of amides is 2. The molecule has 0 saturated carbocycles. The Morgan fingerprint density at radius 1 is 1.00 bits per heavy atom. The normalized spacial score (nSPS) is 15.9. The maximum Gasteiger partial charge on any atom is 0.338 e. The lowest BCUT2D eigenvalue weighted by Crippen LogP contribution is -2.47. The average Bonchev–Trinajstić information content (AvgIpc) is 2.72. The molecule has 29 heavy (non-hydrogen) atoms. The molecular formula is C21H20N2O6. The van der Waals surface area contributed by atoms with Crippen molar-refractivity contribution in [2.24, 2.45) is 0 Å². The van der Waals surface area contributed by atoms with Crippen molar-refractivity contribution in [1.29, 1.82) is 0 Å². The van der Waals surface area contributed by atoms with Gasteiger partial charge in [-0.3, -0.25) is 0 Å². The van der Waals surface area contributed by atoms with Gasteiger partial charge < -0.3 is 25.2 Å². The van der Waals surface area contributed by atoms with Crippen LogP contribution in [0, 0.1) is 0 Å². The zero-order valence-electron chi connectivity index (χ0n) is 15.7. The van der Waals surface area contributed by atoms with Gasteiger partial charge in [0.1, 0.15) is 12.4 Å². The molecule has 1 heterocycles.